The molecule has 0 bridgehead atoms. The van der Waals surface area contributed by atoms with Gasteiger partial charge < -0.3 is 0 Å². The van der Waals surface area contributed by atoms with Crippen molar-refractivity contribution in [3.63, 3.8) is 0 Å². The lowest BCUT2D eigenvalue weighted by atomic mass is 9.94. The molecule has 0 fully saturated rings. The molecule has 0 spiro atoms. The van der Waals surface area contributed by atoms with Crippen LogP contribution < -0.4 is 4.98 Å². The lowest BCUT2D eigenvalue weighted by Gasteiger charge is -2.10. The second-order valence-electron chi connectivity index (χ2n) is 2.90. The topological polar surface area (TPSA) is 14.1 Å². The average Bonchev–Trinajstić information content (AvgIpc) is 2.05. The summed E-state index contributed by atoms with van der Waals surface area (Å²) in [7, 11) is 0. The molecular weight excluding hydrogens is 122 g/mol. The molecule has 1 aliphatic carbocycles. The van der Waals surface area contributed by atoms with Crippen molar-refractivity contribution in [2.24, 2.45) is 0 Å². The van der Waals surface area contributed by atoms with Crippen molar-refractivity contribution in [1.29, 1.82) is 0 Å². The highest BCUT2D eigenvalue weighted by atomic mass is 14.6. The third kappa shape index (κ3) is 0.919. The van der Waals surface area contributed by atoms with Gasteiger partial charge in [-0.05, 0) is 31.2 Å². The van der Waals surface area contributed by atoms with Gasteiger partial charge in [-0.2, -0.15) is 0 Å². The molecule has 1 heterocycles. The van der Waals surface area contributed by atoms with Gasteiger partial charge >= 0.3 is 0 Å². The summed E-state index contributed by atoms with van der Waals surface area (Å²) in [6.07, 6.45) is 9.44. The normalized spacial score (nSPS) is 16.4. The average molecular weight is 134 g/mol. The van der Waals surface area contributed by atoms with E-state index in [0.29, 0.717) is 0 Å². The Morgan fingerprint density at radius 1 is 1.10 bits per heavy atom. The lowest BCUT2D eigenvalue weighted by molar-refractivity contribution is -0.378. The molecule has 1 aromatic rings. The van der Waals surface area contributed by atoms with E-state index in [4.69, 9.17) is 0 Å². The van der Waals surface area contributed by atoms with Gasteiger partial charge in [-0.3, -0.25) is 0 Å². The fraction of sp³-hybridized carbons (Fsp3) is 0.444. The van der Waals surface area contributed by atoms with Gasteiger partial charge in [0.1, 0.15) is 0 Å². The molecule has 1 aliphatic rings. The number of fused-ring (bicyclic) bond motifs is 1. The zero-order chi connectivity index (χ0) is 6.81. The van der Waals surface area contributed by atoms with E-state index < -0.39 is 0 Å². The van der Waals surface area contributed by atoms with E-state index in [-0.39, 0.29) is 0 Å². The molecule has 0 saturated carbocycles. The van der Waals surface area contributed by atoms with Crippen LogP contribution in [0.15, 0.2) is 18.5 Å². The first-order valence-electron chi connectivity index (χ1n) is 3.95. The minimum atomic E-state index is 1.27. The molecule has 0 atom stereocenters. The molecule has 0 radical (unpaired) electrons. The van der Waals surface area contributed by atoms with Gasteiger partial charge in [0.15, 0.2) is 12.4 Å². The summed E-state index contributed by atoms with van der Waals surface area (Å²) in [5, 5.41) is 0. The van der Waals surface area contributed by atoms with Crippen LogP contribution in [0.5, 0.6) is 0 Å². The minimum Gasteiger partial charge on any atom is -0.218 e. The second kappa shape index (κ2) is 2.41. The molecule has 1 heteroatoms. The van der Waals surface area contributed by atoms with Gasteiger partial charge in [-0.1, -0.05) is 0 Å². The monoisotopic (exact) mass is 134 g/mol. The fourth-order valence-electron chi connectivity index (χ4n) is 1.60. The van der Waals surface area contributed by atoms with Gasteiger partial charge in [0.2, 0.25) is 0 Å². The van der Waals surface area contributed by atoms with Crippen LogP contribution in [0, 0.1) is 0 Å². The molecule has 0 aliphatic heterocycles. The number of aromatic amines is 1. The van der Waals surface area contributed by atoms with Crippen molar-refractivity contribution in [2.75, 3.05) is 0 Å². The van der Waals surface area contributed by atoms with Crippen LogP contribution in [0.3, 0.4) is 0 Å². The maximum atomic E-state index is 3.12. The van der Waals surface area contributed by atoms with Crippen LogP contribution >= 0.6 is 0 Å². The van der Waals surface area contributed by atoms with Crippen molar-refractivity contribution >= 4 is 0 Å². The minimum absolute atomic E-state index is 1.27. The van der Waals surface area contributed by atoms with E-state index in [1.807, 2.05) is 6.20 Å². The lowest BCUT2D eigenvalue weighted by Crippen LogP contribution is -2.09. The van der Waals surface area contributed by atoms with Crippen LogP contribution in [0.4, 0.5) is 0 Å². The van der Waals surface area contributed by atoms with Crippen molar-refractivity contribution in [1.82, 2.24) is 0 Å². The molecule has 52 valence electrons. The van der Waals surface area contributed by atoms with Crippen LogP contribution in [0.25, 0.3) is 0 Å². The zero-order valence-corrected chi connectivity index (χ0v) is 6.06. The van der Waals surface area contributed by atoms with Crippen LogP contribution in [-0.4, -0.2) is 0 Å². The molecule has 0 amide bonds. The summed E-state index contributed by atoms with van der Waals surface area (Å²) in [4.78, 5) is 3.12. The molecule has 0 unspecified atom stereocenters. The Kier molecular flexibility index (Phi) is 1.42. The number of aromatic nitrogens is 1. The first-order valence-corrected chi connectivity index (χ1v) is 3.95. The van der Waals surface area contributed by atoms with Crippen LogP contribution in [0.1, 0.15) is 24.0 Å². The molecule has 2 rings (SSSR count). The van der Waals surface area contributed by atoms with E-state index in [1.54, 1.807) is 5.56 Å². The Bertz CT molecular complexity index is 205. The van der Waals surface area contributed by atoms with Gasteiger partial charge in [-0.25, -0.2) is 4.98 Å². The number of pyridine rings is 1. The summed E-state index contributed by atoms with van der Waals surface area (Å²) in [5.74, 6) is 0. The molecule has 1 aromatic heterocycles. The first-order chi connectivity index (χ1) is 4.97. The Morgan fingerprint density at radius 3 is 2.70 bits per heavy atom. The number of nitrogens with one attached hydrogen (secondary N) is 1. The van der Waals surface area contributed by atoms with E-state index in [2.05, 4.69) is 17.2 Å². The molecule has 0 saturated heterocycles. The number of rotatable bonds is 0. The summed E-state index contributed by atoms with van der Waals surface area (Å²) < 4.78 is 0. The van der Waals surface area contributed by atoms with E-state index >= 15 is 0 Å². The summed E-state index contributed by atoms with van der Waals surface area (Å²) in [5.41, 5.74) is 3.07. The first kappa shape index (κ1) is 5.90. The van der Waals surface area contributed by atoms with E-state index in [1.165, 1.54) is 31.2 Å². The van der Waals surface area contributed by atoms with Crippen molar-refractivity contribution in [3.05, 3.63) is 29.6 Å². The Labute approximate surface area is 61.1 Å². The van der Waals surface area contributed by atoms with Crippen LogP contribution in [-0.2, 0) is 12.8 Å². The summed E-state index contributed by atoms with van der Waals surface area (Å²) >= 11 is 0. The standard InChI is InChI=1S/C9H11N/c1-2-4-9-7-10-6-5-8(9)3-1/h5-7H,1-4H2/p+1. The number of hydrogen-bond donors (Lipinski definition) is 0. The van der Waals surface area contributed by atoms with Crippen molar-refractivity contribution < 1.29 is 4.98 Å². The smallest absolute Gasteiger partial charge is 0.170 e. The number of aryl methyl sites for hydroxylation is 2. The highest BCUT2D eigenvalue weighted by Crippen LogP contribution is 2.17. The maximum Gasteiger partial charge on any atom is 0.170 e. The van der Waals surface area contributed by atoms with Crippen molar-refractivity contribution in [3.8, 4) is 0 Å². The maximum absolute atomic E-state index is 3.12. The summed E-state index contributed by atoms with van der Waals surface area (Å²) in [6.45, 7) is 0. The fourth-order valence-corrected chi connectivity index (χ4v) is 1.60. The Hall–Kier alpha value is -0.850. The third-order valence-corrected chi connectivity index (χ3v) is 2.19. The van der Waals surface area contributed by atoms with Gasteiger partial charge in [0.25, 0.3) is 0 Å². The van der Waals surface area contributed by atoms with Gasteiger partial charge in [-0.15, -0.1) is 0 Å². The number of hydrogen-bond acceptors (Lipinski definition) is 0. The highest BCUT2D eigenvalue weighted by Gasteiger charge is 2.09. The largest absolute Gasteiger partial charge is 0.218 e. The molecule has 0 aromatic carbocycles. The summed E-state index contributed by atoms with van der Waals surface area (Å²) in [6, 6.07) is 2.20. The molecule has 10 heavy (non-hydrogen) atoms. The molecular formula is C9H12N+. The zero-order valence-electron chi connectivity index (χ0n) is 6.06. The second-order valence-corrected chi connectivity index (χ2v) is 2.90. The van der Waals surface area contributed by atoms with Gasteiger partial charge in [0.05, 0.1) is 0 Å². The Balaban J connectivity index is 2.41. The van der Waals surface area contributed by atoms with E-state index in [9.17, 15) is 0 Å². The quantitative estimate of drug-likeness (QED) is 0.509. The van der Waals surface area contributed by atoms with Gasteiger partial charge in [0, 0.05) is 11.6 Å². The predicted molar refractivity (Wildman–Crippen MR) is 39.6 cm³/mol. The number of H-pyrrole nitrogens is 1. The predicted octanol–water partition coefficient (Wildman–Crippen LogP) is 1.38. The van der Waals surface area contributed by atoms with Crippen LogP contribution in [0.2, 0.25) is 0 Å². The molecule has 1 nitrogen and oxygen atoms in total. The highest BCUT2D eigenvalue weighted by molar-refractivity contribution is 5.23. The van der Waals surface area contributed by atoms with E-state index in [0.717, 1.165) is 0 Å². The SMILES string of the molecule is c1cc2c(c[nH+]1)CCCC2. The third-order valence-electron chi connectivity index (χ3n) is 2.19. The Morgan fingerprint density at radius 2 is 1.90 bits per heavy atom. The van der Waals surface area contributed by atoms with Crippen molar-refractivity contribution in [2.45, 2.75) is 25.7 Å². The molecule has 1 N–H and O–H groups in total.